The highest BCUT2D eigenvalue weighted by Crippen LogP contribution is 2.52. The zero-order valence-corrected chi connectivity index (χ0v) is 71.8. The van der Waals surface area contributed by atoms with Gasteiger partial charge in [0.15, 0.2) is 17.1 Å². The van der Waals surface area contributed by atoms with Crippen LogP contribution in [0.15, 0.2) is 400 Å². The fourth-order valence-electron chi connectivity index (χ4n) is 18.4. The highest BCUT2D eigenvalue weighted by Gasteiger charge is 2.36. The molecule has 16 heteroatoms. The molecule has 0 unspecified atom stereocenters. The molecule has 0 saturated carbocycles. The van der Waals surface area contributed by atoms with E-state index in [1.54, 1.807) is 18.2 Å². The van der Waals surface area contributed by atoms with E-state index in [0.29, 0.717) is 0 Å². The van der Waals surface area contributed by atoms with E-state index in [1.165, 1.54) is 127 Å². The molecule has 0 N–H and O–H groups in total. The van der Waals surface area contributed by atoms with Crippen LogP contribution in [0.3, 0.4) is 0 Å². The Hall–Kier alpha value is -19.1. The van der Waals surface area contributed by atoms with E-state index in [2.05, 4.69) is 478 Å². The number of benzene rings is 17. The first kappa shape index (κ1) is 81.0. The van der Waals surface area contributed by atoms with E-state index in [9.17, 15) is 15.8 Å². The van der Waals surface area contributed by atoms with Gasteiger partial charge in [0.1, 0.15) is 34.8 Å². The minimum absolute atomic E-state index is 0.000622. The Morgan fingerprint density at radius 1 is 0.248 bits per heavy atom. The topological polar surface area (TPSA) is 178 Å². The number of anilines is 6. The second-order valence-electron chi connectivity index (χ2n) is 32.7. The van der Waals surface area contributed by atoms with Gasteiger partial charge in [-0.3, -0.25) is 0 Å². The van der Waals surface area contributed by atoms with Crippen molar-refractivity contribution in [1.82, 2.24) is 39.0 Å². The summed E-state index contributed by atoms with van der Waals surface area (Å²) in [7, 11) is 0. The molecule has 22 aromatic rings. The van der Waals surface area contributed by atoms with Crippen LogP contribution in [-0.2, 0) is 5.41 Å². The summed E-state index contributed by atoms with van der Waals surface area (Å²) in [6, 6.07) is 150. The van der Waals surface area contributed by atoms with Crippen LogP contribution in [0.5, 0.6) is 0 Å². The molecule has 1 aliphatic carbocycles. The molecule has 0 bridgehead atoms. The minimum Gasteiger partial charge on any atom is -0.370 e. The number of rotatable bonds is 13. The number of para-hydroxylation sites is 4. The maximum atomic E-state index is 9.30. The van der Waals surface area contributed by atoms with Crippen molar-refractivity contribution in [3.8, 4) is 96.3 Å². The second-order valence-corrected chi connectivity index (χ2v) is 32.7. The van der Waals surface area contributed by atoms with Gasteiger partial charge in [-0.05, 0) is 205 Å². The van der Waals surface area contributed by atoms with E-state index >= 15 is 0 Å². The molecule has 17 aromatic carbocycles. The number of hydrogen-bond donors (Lipinski definition) is 0. The minimum atomic E-state index is -0.298. The molecular formula is C117H72N16. The van der Waals surface area contributed by atoms with Gasteiger partial charge in [0.25, 0.3) is 17.2 Å². The lowest BCUT2D eigenvalue weighted by atomic mass is 9.82. The lowest BCUT2D eigenvalue weighted by Crippen LogP contribution is -2.16. The van der Waals surface area contributed by atoms with Crippen molar-refractivity contribution in [3.05, 3.63) is 463 Å². The first-order chi connectivity index (χ1) is 65.4. The Bertz CT molecular complexity index is 8120. The Labute approximate surface area is 766 Å². The van der Waals surface area contributed by atoms with Crippen molar-refractivity contribution < 1.29 is 0 Å². The molecule has 0 fully saturated rings. The molecule has 5 heterocycles. The monoisotopic (exact) mass is 1700 g/mol. The molecular weight excluding hydrogens is 1630 g/mol. The molecule has 5 aromatic heterocycles. The maximum absolute atomic E-state index is 9.30. The van der Waals surface area contributed by atoms with Crippen LogP contribution in [-0.4, -0.2) is 39.0 Å². The van der Waals surface area contributed by atoms with Crippen LogP contribution >= 0.6 is 0 Å². The molecule has 133 heavy (non-hydrogen) atoms. The van der Waals surface area contributed by atoms with Crippen LogP contribution in [0.4, 0.5) is 51.6 Å². The Balaban J connectivity index is 0.000000125. The van der Waals surface area contributed by atoms with Gasteiger partial charge in [0.2, 0.25) is 11.0 Å². The zero-order valence-electron chi connectivity index (χ0n) is 71.8. The lowest BCUT2D eigenvalue weighted by Gasteiger charge is -2.28. The van der Waals surface area contributed by atoms with Gasteiger partial charge >= 0.3 is 5.82 Å². The number of nitrogens with zero attached hydrogens (tertiary/aromatic N) is 16. The van der Waals surface area contributed by atoms with Crippen molar-refractivity contribution in [2.75, 3.05) is 9.80 Å². The van der Waals surface area contributed by atoms with Crippen LogP contribution in [0.1, 0.15) is 42.1 Å². The van der Waals surface area contributed by atoms with E-state index in [1.807, 2.05) is 0 Å². The summed E-state index contributed by atoms with van der Waals surface area (Å²) >= 11 is 0. The summed E-state index contributed by atoms with van der Waals surface area (Å²) in [5, 5.41) is 33.0. The molecule has 0 aliphatic heterocycles. The smallest absolute Gasteiger partial charge is 0.307 e. The normalized spacial score (nSPS) is 11.5. The predicted molar refractivity (Wildman–Crippen MR) is 534 cm³/mol. The summed E-state index contributed by atoms with van der Waals surface area (Å²) in [5.74, 6) is -0.890. The Kier molecular flexibility index (Phi) is 20.9. The van der Waals surface area contributed by atoms with E-state index in [0.717, 1.165) is 39.8 Å². The summed E-state index contributed by atoms with van der Waals surface area (Å²) < 4.78 is 4.73. The number of fused-ring (bicyclic) bond motifs is 15. The van der Waals surface area contributed by atoms with E-state index in [4.69, 9.17) is 19.7 Å². The Morgan fingerprint density at radius 2 is 0.534 bits per heavy atom. The summed E-state index contributed by atoms with van der Waals surface area (Å²) in [5.41, 5.74) is 30.4. The second kappa shape index (κ2) is 34.3. The van der Waals surface area contributed by atoms with E-state index < -0.39 is 0 Å². The largest absolute Gasteiger partial charge is 0.370 e. The molecule has 0 amide bonds. The molecule has 16 nitrogen and oxygen atoms in total. The van der Waals surface area contributed by atoms with Gasteiger partial charge in [-0.1, -0.05) is 307 Å². The van der Waals surface area contributed by atoms with Gasteiger partial charge in [-0.25, -0.2) is 15.0 Å². The average molecular weight is 1700 g/mol. The summed E-state index contributed by atoms with van der Waals surface area (Å²) in [6.07, 6.45) is 0. The zero-order chi connectivity index (χ0) is 90.2. The van der Waals surface area contributed by atoms with E-state index in [-0.39, 0.29) is 73.1 Å². The van der Waals surface area contributed by atoms with Crippen LogP contribution in [0.25, 0.3) is 169 Å². The SMILES string of the molecule is CC1(C)c2ccccc2-c2ccc(N(c3ccc(-c4ccccc4)cc3)c3ccc(-c4ccc5c(c4)c4ccccc4n5-c4ccccc4)cc3)cc21.[C-]#[N+]c1nc2c(nc1C#N)c1nc(C#N)c(C#N)nc1c1nc([N+]#[C-])c([N+]#[C-])nc21.c1ccc(-c2ccc(N(c3ccc(-c4ccccc4)cc3)c3ccc(-c4ccc(-n5c6ccccc6c6ccccc65)cc4)cc3)cc2)cc1. The average Bonchev–Trinajstić information content (AvgIpc) is 1.62. The lowest BCUT2D eigenvalue weighted by molar-refractivity contribution is 0.660. The van der Waals surface area contributed by atoms with Gasteiger partial charge in [0, 0.05) is 72.5 Å². The maximum Gasteiger partial charge on any atom is 0.307 e. The third-order valence-corrected chi connectivity index (χ3v) is 24.8. The standard InChI is InChI=1S/C51H38N2.C48H34N2.C18N12/c1-51(2)47-19-11-9-17-43(47)44-31-30-42(34-48(44)51)52(40-26-21-36(22-27-40)35-13-5-3-6-14-35)41-28-23-37(24-29-41)38-25-32-50-46(33-38)45-18-10-12-20-49(45)53(50)39-15-7-4-8-16-39;1-3-11-35(12-4-1)37-19-27-41(28-20-37)49(42-29-21-38(22-30-42)36-13-5-2-6-14-36)43-31-23-39(24-32-43)40-25-33-44(34-26-40)50-47-17-9-7-15-45(47)46-16-8-10-18-48(46)50;1-22-16-9(6-21)27-12-10-11(26-8(5-20)7(4-19)25-10)14-15(13(12)28-16)30-18(24-3)17(23-2)29-14/h3-34H,1-2H3;1-34H;. The number of hydrogen-bond acceptors (Lipinski definition) is 11. The van der Waals surface area contributed by atoms with Crippen LogP contribution < -0.4 is 9.80 Å². The van der Waals surface area contributed by atoms with Crippen molar-refractivity contribution in [1.29, 1.82) is 15.8 Å². The van der Waals surface area contributed by atoms with Crippen LogP contribution in [0.2, 0.25) is 0 Å². The van der Waals surface area contributed by atoms with Crippen LogP contribution in [0, 0.1) is 53.7 Å². The third-order valence-electron chi connectivity index (χ3n) is 24.8. The fraction of sp³-hybridized carbons (Fsp3) is 0.0256. The molecule has 0 radical (unpaired) electrons. The number of aromatic nitrogens is 8. The van der Waals surface area contributed by atoms with Gasteiger partial charge in [-0.15, -0.1) is 15.0 Å². The summed E-state index contributed by atoms with van der Waals surface area (Å²) in [4.78, 5) is 39.1. The quantitative estimate of drug-likeness (QED) is 0.0792. The molecule has 0 spiro atoms. The third kappa shape index (κ3) is 14.7. The summed E-state index contributed by atoms with van der Waals surface area (Å²) in [6.45, 7) is 26.4. The van der Waals surface area contributed by atoms with Crippen molar-refractivity contribution >= 4 is 128 Å². The molecule has 0 saturated heterocycles. The van der Waals surface area contributed by atoms with Gasteiger partial charge in [0.05, 0.1) is 22.1 Å². The highest BCUT2D eigenvalue weighted by molar-refractivity contribution is 6.19. The van der Waals surface area contributed by atoms with Crippen molar-refractivity contribution in [3.63, 3.8) is 0 Å². The number of nitriles is 3. The molecule has 0 atom stereocenters. The highest BCUT2D eigenvalue weighted by atomic mass is 15.2. The van der Waals surface area contributed by atoms with Crippen molar-refractivity contribution in [2.24, 2.45) is 0 Å². The molecule has 23 rings (SSSR count). The van der Waals surface area contributed by atoms with Crippen molar-refractivity contribution in [2.45, 2.75) is 19.3 Å². The Morgan fingerprint density at radius 3 is 0.940 bits per heavy atom. The van der Waals surface area contributed by atoms with Gasteiger partial charge < -0.3 is 33.5 Å². The predicted octanol–water partition coefficient (Wildman–Crippen LogP) is 29.9. The molecule has 1 aliphatic rings. The molecule has 620 valence electrons. The first-order valence-electron chi connectivity index (χ1n) is 43.2. The fourth-order valence-corrected chi connectivity index (χ4v) is 18.4. The first-order valence-corrected chi connectivity index (χ1v) is 43.2. The van der Waals surface area contributed by atoms with Gasteiger partial charge in [-0.2, -0.15) is 15.8 Å².